The van der Waals surface area contributed by atoms with Crippen LogP contribution in [0.4, 0.5) is 15.8 Å². The highest BCUT2D eigenvalue weighted by atomic mass is 19.1. The van der Waals surface area contributed by atoms with E-state index in [1.165, 1.54) is 6.07 Å². The van der Waals surface area contributed by atoms with E-state index in [1.54, 1.807) is 13.1 Å². The third kappa shape index (κ3) is 3.35. The van der Waals surface area contributed by atoms with Crippen molar-refractivity contribution in [1.29, 1.82) is 0 Å². The Kier molecular flexibility index (Phi) is 4.18. The van der Waals surface area contributed by atoms with E-state index in [2.05, 4.69) is 10.6 Å². The van der Waals surface area contributed by atoms with Crippen LogP contribution in [0.1, 0.15) is 11.1 Å². The predicted molar refractivity (Wildman–Crippen MR) is 80.9 cm³/mol. The van der Waals surface area contributed by atoms with Crippen molar-refractivity contribution in [1.82, 2.24) is 0 Å². The van der Waals surface area contributed by atoms with Crippen LogP contribution in [0.3, 0.4) is 0 Å². The summed E-state index contributed by atoms with van der Waals surface area (Å²) in [5.74, 6) is -0.241. The SMILES string of the molecule is CNc1ccc(/C=C/c2ccc(NC)c(F)c2)cc1. The molecule has 0 amide bonds. The van der Waals surface area contributed by atoms with Crippen LogP contribution in [0.15, 0.2) is 42.5 Å². The van der Waals surface area contributed by atoms with Gasteiger partial charge in [-0.3, -0.25) is 0 Å². The first-order chi connectivity index (χ1) is 9.22. The minimum Gasteiger partial charge on any atom is -0.388 e. The second-order valence-corrected chi connectivity index (χ2v) is 4.19. The van der Waals surface area contributed by atoms with E-state index in [0.717, 1.165) is 16.8 Å². The molecule has 0 heterocycles. The third-order valence-corrected chi connectivity index (χ3v) is 2.93. The number of nitrogens with one attached hydrogen (secondary N) is 2. The first-order valence-electron chi connectivity index (χ1n) is 6.16. The largest absolute Gasteiger partial charge is 0.388 e. The molecule has 2 aromatic rings. The molecule has 19 heavy (non-hydrogen) atoms. The van der Waals surface area contributed by atoms with E-state index >= 15 is 0 Å². The summed E-state index contributed by atoms with van der Waals surface area (Å²) in [7, 11) is 3.59. The lowest BCUT2D eigenvalue weighted by Gasteiger charge is -2.03. The van der Waals surface area contributed by atoms with Crippen LogP contribution in [0.5, 0.6) is 0 Å². The molecule has 2 aromatic carbocycles. The molecule has 2 nitrogen and oxygen atoms in total. The molecule has 0 saturated heterocycles. The molecule has 0 fully saturated rings. The normalized spacial score (nSPS) is 10.7. The van der Waals surface area contributed by atoms with Crippen LogP contribution in [0.2, 0.25) is 0 Å². The highest BCUT2D eigenvalue weighted by Gasteiger charge is 1.99. The molecule has 0 aliphatic carbocycles. The average molecular weight is 256 g/mol. The molecular weight excluding hydrogens is 239 g/mol. The van der Waals surface area contributed by atoms with E-state index in [-0.39, 0.29) is 5.82 Å². The fourth-order valence-corrected chi connectivity index (χ4v) is 1.79. The van der Waals surface area contributed by atoms with Gasteiger partial charge in [0.25, 0.3) is 0 Å². The van der Waals surface area contributed by atoms with Gasteiger partial charge >= 0.3 is 0 Å². The van der Waals surface area contributed by atoms with Crippen molar-refractivity contribution in [2.75, 3.05) is 24.7 Å². The van der Waals surface area contributed by atoms with Crippen LogP contribution >= 0.6 is 0 Å². The summed E-state index contributed by atoms with van der Waals surface area (Å²) < 4.78 is 13.6. The molecule has 0 spiro atoms. The summed E-state index contributed by atoms with van der Waals surface area (Å²) >= 11 is 0. The lowest BCUT2D eigenvalue weighted by Crippen LogP contribution is -1.92. The molecule has 3 heteroatoms. The van der Waals surface area contributed by atoms with E-state index in [1.807, 2.05) is 49.5 Å². The monoisotopic (exact) mass is 256 g/mol. The molecule has 0 radical (unpaired) electrons. The molecule has 0 aliphatic heterocycles. The Morgan fingerprint density at radius 2 is 1.47 bits per heavy atom. The molecule has 98 valence electrons. The van der Waals surface area contributed by atoms with Gasteiger partial charge in [0, 0.05) is 19.8 Å². The highest BCUT2D eigenvalue weighted by molar-refractivity contribution is 5.71. The van der Waals surface area contributed by atoms with Gasteiger partial charge < -0.3 is 10.6 Å². The molecular formula is C16H17FN2. The summed E-state index contributed by atoms with van der Waals surface area (Å²) in [6, 6.07) is 13.2. The van der Waals surface area contributed by atoms with Gasteiger partial charge in [0.2, 0.25) is 0 Å². The van der Waals surface area contributed by atoms with Crippen molar-refractivity contribution in [2.24, 2.45) is 0 Å². The molecule has 0 bridgehead atoms. The summed E-state index contributed by atoms with van der Waals surface area (Å²) in [6.45, 7) is 0. The second kappa shape index (κ2) is 6.05. The zero-order valence-electron chi connectivity index (χ0n) is 11.1. The van der Waals surface area contributed by atoms with Gasteiger partial charge in [0.1, 0.15) is 5.82 Å². The van der Waals surface area contributed by atoms with Gasteiger partial charge in [-0.1, -0.05) is 30.4 Å². The number of anilines is 2. The van der Waals surface area contributed by atoms with Crippen molar-refractivity contribution < 1.29 is 4.39 Å². The maximum absolute atomic E-state index is 13.6. The lowest BCUT2D eigenvalue weighted by molar-refractivity contribution is 0.631. The zero-order chi connectivity index (χ0) is 13.7. The molecule has 2 N–H and O–H groups in total. The van der Waals surface area contributed by atoms with E-state index in [9.17, 15) is 4.39 Å². The Balaban J connectivity index is 2.15. The number of rotatable bonds is 4. The van der Waals surface area contributed by atoms with Crippen molar-refractivity contribution in [3.63, 3.8) is 0 Å². The fraction of sp³-hybridized carbons (Fsp3) is 0.125. The van der Waals surface area contributed by atoms with Crippen molar-refractivity contribution in [3.8, 4) is 0 Å². The zero-order valence-corrected chi connectivity index (χ0v) is 11.1. The summed E-state index contributed by atoms with van der Waals surface area (Å²) in [4.78, 5) is 0. The van der Waals surface area contributed by atoms with E-state index < -0.39 is 0 Å². The fourth-order valence-electron chi connectivity index (χ4n) is 1.79. The Hall–Kier alpha value is -2.29. The van der Waals surface area contributed by atoms with Crippen molar-refractivity contribution >= 4 is 23.5 Å². The summed E-state index contributed by atoms with van der Waals surface area (Å²) in [6.07, 6.45) is 3.87. The first kappa shape index (κ1) is 13.1. The Labute approximate surface area is 113 Å². The topological polar surface area (TPSA) is 24.1 Å². The van der Waals surface area contributed by atoms with Crippen LogP contribution in [0.25, 0.3) is 12.2 Å². The van der Waals surface area contributed by atoms with E-state index in [4.69, 9.17) is 0 Å². The Morgan fingerprint density at radius 3 is 2.05 bits per heavy atom. The van der Waals surface area contributed by atoms with Gasteiger partial charge in [0.05, 0.1) is 5.69 Å². The molecule has 0 unspecified atom stereocenters. The molecule has 0 aromatic heterocycles. The van der Waals surface area contributed by atoms with Crippen LogP contribution < -0.4 is 10.6 Å². The maximum Gasteiger partial charge on any atom is 0.146 e. The number of hydrogen-bond acceptors (Lipinski definition) is 2. The summed E-state index contributed by atoms with van der Waals surface area (Å²) in [5, 5.41) is 5.87. The maximum atomic E-state index is 13.6. The Morgan fingerprint density at radius 1 is 0.842 bits per heavy atom. The van der Waals surface area contributed by atoms with Gasteiger partial charge in [-0.05, 0) is 35.4 Å². The van der Waals surface area contributed by atoms with Crippen LogP contribution in [-0.2, 0) is 0 Å². The molecule has 2 rings (SSSR count). The second-order valence-electron chi connectivity index (χ2n) is 4.19. The lowest BCUT2D eigenvalue weighted by atomic mass is 10.1. The number of hydrogen-bond donors (Lipinski definition) is 2. The predicted octanol–water partition coefficient (Wildman–Crippen LogP) is 4.08. The Bertz CT molecular complexity index is 574. The highest BCUT2D eigenvalue weighted by Crippen LogP contribution is 2.17. The minimum absolute atomic E-state index is 0.241. The average Bonchev–Trinajstić information content (AvgIpc) is 2.46. The van der Waals surface area contributed by atoms with E-state index in [0.29, 0.717) is 5.69 Å². The van der Waals surface area contributed by atoms with Gasteiger partial charge in [-0.15, -0.1) is 0 Å². The van der Waals surface area contributed by atoms with Gasteiger partial charge in [-0.2, -0.15) is 0 Å². The molecule has 0 atom stereocenters. The van der Waals surface area contributed by atoms with Crippen molar-refractivity contribution in [3.05, 3.63) is 59.4 Å². The quantitative estimate of drug-likeness (QED) is 0.805. The van der Waals surface area contributed by atoms with Crippen molar-refractivity contribution in [2.45, 2.75) is 0 Å². The number of benzene rings is 2. The molecule has 0 saturated carbocycles. The molecule has 0 aliphatic rings. The standard InChI is InChI=1S/C16H17FN2/c1-18-14-8-5-12(6-9-14)3-4-13-7-10-16(19-2)15(17)11-13/h3-11,18-19H,1-2H3/b4-3+. The van der Waals surface area contributed by atoms with Gasteiger partial charge in [0.15, 0.2) is 0 Å². The van der Waals surface area contributed by atoms with Gasteiger partial charge in [-0.25, -0.2) is 4.39 Å². The summed E-state index contributed by atoms with van der Waals surface area (Å²) in [5.41, 5.74) is 3.50. The van der Waals surface area contributed by atoms with Crippen LogP contribution in [-0.4, -0.2) is 14.1 Å². The minimum atomic E-state index is -0.241. The smallest absolute Gasteiger partial charge is 0.146 e. The third-order valence-electron chi connectivity index (χ3n) is 2.93. The first-order valence-corrected chi connectivity index (χ1v) is 6.16. The van der Waals surface area contributed by atoms with Crippen LogP contribution in [0, 0.1) is 5.82 Å². The number of halogens is 1.